The second-order valence-corrected chi connectivity index (χ2v) is 6.06. The van der Waals surface area contributed by atoms with Crippen molar-refractivity contribution in [1.82, 2.24) is 15.3 Å². The number of piperidine rings is 1. The second kappa shape index (κ2) is 6.43. The summed E-state index contributed by atoms with van der Waals surface area (Å²) < 4.78 is 0. The highest BCUT2D eigenvalue weighted by Gasteiger charge is 2.38. The van der Waals surface area contributed by atoms with Gasteiger partial charge in [-0.3, -0.25) is 5.43 Å². The number of nitrogens with one attached hydrogen (secondary N) is 1. The third-order valence-corrected chi connectivity index (χ3v) is 4.18. The molecule has 2 unspecified atom stereocenters. The molecule has 0 aromatic carbocycles. The minimum atomic E-state index is -1.22. The first-order valence-corrected chi connectivity index (χ1v) is 7.31. The Morgan fingerprint density at radius 2 is 1.80 bits per heavy atom. The highest BCUT2D eigenvalue weighted by molar-refractivity contribution is 5.85. The first kappa shape index (κ1) is 16.8. The zero-order valence-corrected chi connectivity index (χ0v) is 13.1. The van der Waals surface area contributed by atoms with Gasteiger partial charge >= 0.3 is 12.0 Å². The van der Waals surface area contributed by atoms with Crippen molar-refractivity contribution >= 4 is 12.0 Å². The number of amides is 2. The quantitative estimate of drug-likeness (QED) is 0.829. The Hall–Kier alpha value is -1.30. The van der Waals surface area contributed by atoms with Crippen molar-refractivity contribution < 1.29 is 14.7 Å². The summed E-state index contributed by atoms with van der Waals surface area (Å²) in [6.45, 7) is 9.38. The van der Waals surface area contributed by atoms with Crippen LogP contribution in [-0.2, 0) is 4.79 Å². The number of nitrogens with zero attached hydrogens (tertiary/aromatic N) is 2. The Bertz CT molecular complexity index is 361. The number of hydrogen-bond donors (Lipinski definition) is 2. The molecule has 0 saturated carbocycles. The Balaban J connectivity index is 2.79. The molecule has 0 aromatic rings. The average molecular weight is 285 g/mol. The van der Waals surface area contributed by atoms with E-state index >= 15 is 0 Å². The fourth-order valence-electron chi connectivity index (χ4n) is 2.72. The summed E-state index contributed by atoms with van der Waals surface area (Å²) in [5.41, 5.74) is 1.67. The predicted molar refractivity (Wildman–Crippen MR) is 77.2 cm³/mol. The Labute approximate surface area is 121 Å². The standard InChI is InChI=1S/C14H27N3O3/c1-6-16(14(4,5)12(18)19)13(20)15-17-10(2)8-7-9-11(17)3/h10-11H,6-9H2,1-5H3,(H,15,20)(H,18,19). The number of hydrazine groups is 1. The number of likely N-dealkylation sites (N-methyl/N-ethyl adjacent to an activating group) is 1. The lowest BCUT2D eigenvalue weighted by Gasteiger charge is -2.42. The minimum absolute atomic E-state index is 0.273. The van der Waals surface area contributed by atoms with Gasteiger partial charge in [-0.2, -0.15) is 0 Å². The zero-order valence-electron chi connectivity index (χ0n) is 13.1. The van der Waals surface area contributed by atoms with Crippen LogP contribution in [0.4, 0.5) is 4.79 Å². The number of carboxylic acids is 1. The van der Waals surface area contributed by atoms with Crippen molar-refractivity contribution in [3.05, 3.63) is 0 Å². The molecule has 0 aliphatic carbocycles. The van der Waals surface area contributed by atoms with Crippen molar-refractivity contribution in [2.45, 2.75) is 71.5 Å². The first-order valence-electron chi connectivity index (χ1n) is 7.31. The van der Waals surface area contributed by atoms with Crippen LogP contribution in [0.1, 0.15) is 53.9 Å². The molecule has 0 bridgehead atoms. The number of carboxylic acid groups (broad SMARTS) is 1. The van der Waals surface area contributed by atoms with Gasteiger partial charge in [0, 0.05) is 18.6 Å². The van der Waals surface area contributed by atoms with Crippen LogP contribution in [0.25, 0.3) is 0 Å². The molecule has 116 valence electrons. The van der Waals surface area contributed by atoms with Gasteiger partial charge in [0.05, 0.1) is 0 Å². The zero-order chi connectivity index (χ0) is 15.5. The monoisotopic (exact) mass is 285 g/mol. The Kier molecular flexibility index (Phi) is 5.39. The molecule has 0 aromatic heterocycles. The lowest BCUT2D eigenvalue weighted by atomic mass is 10.00. The molecule has 2 atom stereocenters. The van der Waals surface area contributed by atoms with E-state index in [0.717, 1.165) is 19.3 Å². The van der Waals surface area contributed by atoms with Crippen LogP contribution in [0.5, 0.6) is 0 Å². The third-order valence-electron chi connectivity index (χ3n) is 4.18. The van der Waals surface area contributed by atoms with E-state index in [1.54, 1.807) is 20.8 Å². The van der Waals surface area contributed by atoms with Gasteiger partial charge in [-0.25, -0.2) is 14.6 Å². The molecular weight excluding hydrogens is 258 g/mol. The molecule has 2 N–H and O–H groups in total. The molecule has 0 spiro atoms. The van der Waals surface area contributed by atoms with E-state index < -0.39 is 11.5 Å². The van der Waals surface area contributed by atoms with Crippen LogP contribution in [-0.4, -0.2) is 51.2 Å². The third kappa shape index (κ3) is 3.42. The molecule has 6 nitrogen and oxygen atoms in total. The van der Waals surface area contributed by atoms with Crippen LogP contribution < -0.4 is 5.43 Å². The van der Waals surface area contributed by atoms with Gasteiger partial charge < -0.3 is 10.0 Å². The topological polar surface area (TPSA) is 72.9 Å². The first-order chi connectivity index (χ1) is 9.21. The van der Waals surface area contributed by atoms with Crippen LogP contribution in [0, 0.1) is 0 Å². The molecule has 2 amide bonds. The Morgan fingerprint density at radius 3 is 2.20 bits per heavy atom. The lowest BCUT2D eigenvalue weighted by molar-refractivity contribution is -0.147. The normalized spacial score (nSPS) is 24.2. The maximum Gasteiger partial charge on any atom is 0.332 e. The highest BCUT2D eigenvalue weighted by Crippen LogP contribution is 2.21. The summed E-state index contributed by atoms with van der Waals surface area (Å²) in [5.74, 6) is -1.01. The number of rotatable bonds is 4. The summed E-state index contributed by atoms with van der Waals surface area (Å²) in [5, 5.41) is 11.2. The van der Waals surface area contributed by atoms with Gasteiger partial charge in [0.1, 0.15) is 5.54 Å². The van der Waals surface area contributed by atoms with E-state index in [0.29, 0.717) is 6.54 Å². The van der Waals surface area contributed by atoms with Crippen molar-refractivity contribution in [1.29, 1.82) is 0 Å². The number of carbonyl (C=O) groups is 2. The van der Waals surface area contributed by atoms with Crippen LogP contribution in [0.15, 0.2) is 0 Å². The fourth-order valence-corrected chi connectivity index (χ4v) is 2.72. The lowest BCUT2D eigenvalue weighted by Crippen LogP contribution is -2.62. The number of aliphatic carboxylic acids is 1. The van der Waals surface area contributed by atoms with Crippen molar-refractivity contribution in [2.75, 3.05) is 6.54 Å². The van der Waals surface area contributed by atoms with Gasteiger partial charge in [-0.1, -0.05) is 6.42 Å². The van der Waals surface area contributed by atoms with E-state index in [1.165, 1.54) is 4.90 Å². The molecule has 1 aliphatic rings. The van der Waals surface area contributed by atoms with Crippen molar-refractivity contribution in [3.8, 4) is 0 Å². The van der Waals surface area contributed by atoms with Crippen LogP contribution >= 0.6 is 0 Å². The molecule has 1 rings (SSSR count). The molecule has 6 heteroatoms. The van der Waals surface area contributed by atoms with Gasteiger partial charge in [-0.05, 0) is 47.5 Å². The van der Waals surface area contributed by atoms with E-state index in [-0.39, 0.29) is 18.1 Å². The number of carbonyl (C=O) groups excluding carboxylic acids is 1. The van der Waals surface area contributed by atoms with Crippen molar-refractivity contribution in [3.63, 3.8) is 0 Å². The minimum Gasteiger partial charge on any atom is -0.480 e. The second-order valence-electron chi connectivity index (χ2n) is 6.06. The summed E-state index contributed by atoms with van der Waals surface area (Å²) >= 11 is 0. The summed E-state index contributed by atoms with van der Waals surface area (Å²) in [6, 6.07) is 0.198. The molecule has 1 heterocycles. The average Bonchev–Trinajstić information content (AvgIpc) is 2.34. The van der Waals surface area contributed by atoms with E-state index in [4.69, 9.17) is 0 Å². The van der Waals surface area contributed by atoms with Gasteiger partial charge in [-0.15, -0.1) is 0 Å². The largest absolute Gasteiger partial charge is 0.480 e. The SMILES string of the molecule is CCN(C(=O)NN1C(C)CCCC1C)C(C)(C)C(=O)O. The van der Waals surface area contributed by atoms with Crippen LogP contribution in [0.2, 0.25) is 0 Å². The summed E-state index contributed by atoms with van der Waals surface area (Å²) in [6.07, 6.45) is 3.24. The highest BCUT2D eigenvalue weighted by atomic mass is 16.4. The fraction of sp³-hybridized carbons (Fsp3) is 0.857. The molecule has 20 heavy (non-hydrogen) atoms. The van der Waals surface area contributed by atoms with Gasteiger partial charge in [0.25, 0.3) is 0 Å². The van der Waals surface area contributed by atoms with Gasteiger partial charge in [0.15, 0.2) is 0 Å². The molecule has 1 saturated heterocycles. The van der Waals surface area contributed by atoms with Crippen molar-refractivity contribution in [2.24, 2.45) is 0 Å². The smallest absolute Gasteiger partial charge is 0.332 e. The molecule has 0 radical (unpaired) electrons. The molecule has 1 aliphatic heterocycles. The number of hydrogen-bond acceptors (Lipinski definition) is 3. The summed E-state index contributed by atoms with van der Waals surface area (Å²) in [7, 11) is 0. The van der Waals surface area contributed by atoms with E-state index in [1.807, 2.05) is 5.01 Å². The summed E-state index contributed by atoms with van der Waals surface area (Å²) in [4.78, 5) is 25.1. The number of urea groups is 1. The molecule has 1 fully saturated rings. The van der Waals surface area contributed by atoms with E-state index in [2.05, 4.69) is 19.3 Å². The molecular formula is C14H27N3O3. The maximum absolute atomic E-state index is 12.4. The van der Waals surface area contributed by atoms with E-state index in [9.17, 15) is 14.7 Å². The predicted octanol–water partition coefficient (Wildman–Crippen LogP) is 2.06. The van der Waals surface area contributed by atoms with Gasteiger partial charge in [0.2, 0.25) is 0 Å². The van der Waals surface area contributed by atoms with Crippen LogP contribution in [0.3, 0.4) is 0 Å². The Morgan fingerprint density at radius 1 is 1.30 bits per heavy atom. The maximum atomic E-state index is 12.4.